The van der Waals surface area contributed by atoms with E-state index in [2.05, 4.69) is 22.8 Å². The Kier molecular flexibility index (Phi) is 4.02. The molecule has 0 saturated heterocycles. The van der Waals surface area contributed by atoms with Crippen LogP contribution in [0.15, 0.2) is 54.6 Å². The molecule has 2 aromatic rings. The molecule has 0 spiro atoms. The molecule has 1 aliphatic rings. The standard InChI is InChI=1S/C18H20N2O/c1-19-12-15-11-17(15)14-8-5-9-16(10-14)20-18(21)13-6-3-2-4-7-13/h2-10,15,17,19H,11-12H2,1H3,(H,20,21). The van der Waals surface area contributed by atoms with Crippen LogP contribution in [0.2, 0.25) is 0 Å². The monoisotopic (exact) mass is 280 g/mol. The number of anilines is 1. The van der Waals surface area contributed by atoms with Crippen molar-refractivity contribution in [2.24, 2.45) is 5.92 Å². The average molecular weight is 280 g/mol. The molecule has 1 saturated carbocycles. The summed E-state index contributed by atoms with van der Waals surface area (Å²) in [4.78, 5) is 12.2. The third-order valence-corrected chi connectivity index (χ3v) is 4.00. The van der Waals surface area contributed by atoms with Gasteiger partial charge in [-0.25, -0.2) is 0 Å². The highest BCUT2D eigenvalue weighted by Crippen LogP contribution is 2.47. The largest absolute Gasteiger partial charge is 0.322 e. The number of nitrogens with one attached hydrogen (secondary N) is 2. The van der Waals surface area contributed by atoms with E-state index >= 15 is 0 Å². The van der Waals surface area contributed by atoms with E-state index in [1.54, 1.807) is 0 Å². The Morgan fingerprint density at radius 2 is 1.95 bits per heavy atom. The Hall–Kier alpha value is -2.13. The van der Waals surface area contributed by atoms with Crippen LogP contribution in [0.5, 0.6) is 0 Å². The molecule has 0 heterocycles. The molecule has 0 aromatic heterocycles. The second-order valence-corrected chi connectivity index (χ2v) is 5.61. The number of benzene rings is 2. The molecule has 2 unspecified atom stereocenters. The van der Waals surface area contributed by atoms with Crippen LogP contribution in [0.25, 0.3) is 0 Å². The van der Waals surface area contributed by atoms with E-state index in [0.29, 0.717) is 11.5 Å². The van der Waals surface area contributed by atoms with Crippen LogP contribution < -0.4 is 10.6 Å². The molecular formula is C18H20N2O. The number of rotatable bonds is 5. The Labute approximate surface area is 125 Å². The van der Waals surface area contributed by atoms with E-state index in [1.165, 1.54) is 12.0 Å². The van der Waals surface area contributed by atoms with Gasteiger partial charge in [0.05, 0.1) is 0 Å². The SMILES string of the molecule is CNCC1CC1c1cccc(NC(=O)c2ccccc2)c1. The van der Waals surface area contributed by atoms with Crippen LogP contribution in [0.4, 0.5) is 5.69 Å². The molecule has 2 aromatic carbocycles. The van der Waals surface area contributed by atoms with Crippen LogP contribution >= 0.6 is 0 Å². The van der Waals surface area contributed by atoms with Crippen LogP contribution in [-0.2, 0) is 0 Å². The van der Waals surface area contributed by atoms with E-state index in [-0.39, 0.29) is 5.91 Å². The maximum Gasteiger partial charge on any atom is 0.255 e. The van der Waals surface area contributed by atoms with Gasteiger partial charge in [-0.15, -0.1) is 0 Å². The zero-order chi connectivity index (χ0) is 14.7. The quantitative estimate of drug-likeness (QED) is 0.882. The summed E-state index contributed by atoms with van der Waals surface area (Å²) in [6, 6.07) is 17.5. The van der Waals surface area contributed by atoms with Gasteiger partial charge in [-0.05, 0) is 61.7 Å². The van der Waals surface area contributed by atoms with Crippen LogP contribution in [0, 0.1) is 5.92 Å². The maximum atomic E-state index is 12.2. The van der Waals surface area contributed by atoms with E-state index in [1.807, 2.05) is 49.5 Å². The first-order valence-corrected chi connectivity index (χ1v) is 7.39. The Balaban J connectivity index is 1.68. The fourth-order valence-electron chi connectivity index (χ4n) is 2.78. The molecule has 0 radical (unpaired) electrons. The molecule has 1 aliphatic carbocycles. The molecule has 3 heteroatoms. The highest BCUT2D eigenvalue weighted by molar-refractivity contribution is 6.04. The van der Waals surface area contributed by atoms with E-state index < -0.39 is 0 Å². The zero-order valence-electron chi connectivity index (χ0n) is 12.2. The molecule has 108 valence electrons. The normalized spacial score (nSPS) is 20.0. The van der Waals surface area contributed by atoms with Gasteiger partial charge in [0.2, 0.25) is 0 Å². The van der Waals surface area contributed by atoms with Gasteiger partial charge in [-0.3, -0.25) is 4.79 Å². The average Bonchev–Trinajstić information content (AvgIpc) is 3.28. The van der Waals surface area contributed by atoms with E-state index in [0.717, 1.165) is 18.2 Å². The molecule has 1 amide bonds. The van der Waals surface area contributed by atoms with E-state index in [9.17, 15) is 4.79 Å². The fourth-order valence-corrected chi connectivity index (χ4v) is 2.78. The van der Waals surface area contributed by atoms with Crippen molar-refractivity contribution in [3.05, 3.63) is 65.7 Å². The maximum absolute atomic E-state index is 12.2. The van der Waals surface area contributed by atoms with Gasteiger partial charge in [-0.2, -0.15) is 0 Å². The predicted molar refractivity (Wildman–Crippen MR) is 85.6 cm³/mol. The van der Waals surface area contributed by atoms with Crippen molar-refractivity contribution in [2.45, 2.75) is 12.3 Å². The Bertz CT molecular complexity index is 624. The first-order chi connectivity index (χ1) is 10.3. The molecule has 2 atom stereocenters. The van der Waals surface area contributed by atoms with Crippen LogP contribution in [-0.4, -0.2) is 19.5 Å². The highest BCUT2D eigenvalue weighted by atomic mass is 16.1. The minimum Gasteiger partial charge on any atom is -0.322 e. The molecule has 2 N–H and O–H groups in total. The second-order valence-electron chi connectivity index (χ2n) is 5.61. The smallest absolute Gasteiger partial charge is 0.255 e. The Morgan fingerprint density at radius 1 is 1.14 bits per heavy atom. The summed E-state index contributed by atoms with van der Waals surface area (Å²) in [5.74, 6) is 1.30. The molecular weight excluding hydrogens is 260 g/mol. The lowest BCUT2D eigenvalue weighted by Crippen LogP contribution is -2.12. The van der Waals surface area contributed by atoms with E-state index in [4.69, 9.17) is 0 Å². The summed E-state index contributed by atoms with van der Waals surface area (Å²) < 4.78 is 0. The van der Waals surface area contributed by atoms with Crippen molar-refractivity contribution in [1.29, 1.82) is 0 Å². The first-order valence-electron chi connectivity index (χ1n) is 7.39. The molecule has 0 bridgehead atoms. The van der Waals surface area contributed by atoms with Gasteiger partial charge in [0.15, 0.2) is 0 Å². The van der Waals surface area contributed by atoms with Gasteiger partial charge in [0.1, 0.15) is 0 Å². The third kappa shape index (κ3) is 3.31. The lowest BCUT2D eigenvalue weighted by atomic mass is 10.1. The summed E-state index contributed by atoms with van der Waals surface area (Å²) in [6.07, 6.45) is 1.23. The number of carbonyl (C=O) groups is 1. The van der Waals surface area contributed by atoms with Crippen molar-refractivity contribution >= 4 is 11.6 Å². The minimum atomic E-state index is -0.0599. The molecule has 0 aliphatic heterocycles. The highest BCUT2D eigenvalue weighted by Gasteiger charge is 2.37. The summed E-state index contributed by atoms with van der Waals surface area (Å²) >= 11 is 0. The van der Waals surface area contributed by atoms with Gasteiger partial charge >= 0.3 is 0 Å². The first kappa shape index (κ1) is 13.8. The Morgan fingerprint density at radius 3 is 2.71 bits per heavy atom. The van der Waals surface area contributed by atoms with Gasteiger partial charge in [0, 0.05) is 11.3 Å². The van der Waals surface area contributed by atoms with Crippen LogP contribution in [0.3, 0.4) is 0 Å². The third-order valence-electron chi connectivity index (χ3n) is 4.00. The van der Waals surface area contributed by atoms with Gasteiger partial charge in [-0.1, -0.05) is 30.3 Å². The predicted octanol–water partition coefficient (Wildman–Crippen LogP) is 3.26. The van der Waals surface area contributed by atoms with Gasteiger partial charge < -0.3 is 10.6 Å². The van der Waals surface area contributed by atoms with Crippen molar-refractivity contribution in [3.8, 4) is 0 Å². The molecule has 1 fully saturated rings. The lowest BCUT2D eigenvalue weighted by Gasteiger charge is -2.07. The number of hydrogen-bond donors (Lipinski definition) is 2. The van der Waals surface area contributed by atoms with Crippen molar-refractivity contribution < 1.29 is 4.79 Å². The second kappa shape index (κ2) is 6.10. The molecule has 21 heavy (non-hydrogen) atoms. The number of hydrogen-bond acceptors (Lipinski definition) is 2. The van der Waals surface area contributed by atoms with Crippen LogP contribution in [0.1, 0.15) is 28.3 Å². The summed E-state index contributed by atoms with van der Waals surface area (Å²) in [6.45, 7) is 1.06. The summed E-state index contributed by atoms with van der Waals surface area (Å²) in [5, 5.41) is 6.20. The molecule has 3 rings (SSSR count). The number of carbonyl (C=O) groups excluding carboxylic acids is 1. The summed E-state index contributed by atoms with van der Waals surface area (Å²) in [7, 11) is 1.99. The fraction of sp³-hybridized carbons (Fsp3) is 0.278. The van der Waals surface area contributed by atoms with Crippen molar-refractivity contribution in [2.75, 3.05) is 18.9 Å². The minimum absolute atomic E-state index is 0.0599. The molecule has 3 nitrogen and oxygen atoms in total. The number of amides is 1. The summed E-state index contributed by atoms with van der Waals surface area (Å²) in [5.41, 5.74) is 2.87. The lowest BCUT2D eigenvalue weighted by molar-refractivity contribution is 0.102. The van der Waals surface area contributed by atoms with Crippen molar-refractivity contribution in [3.63, 3.8) is 0 Å². The van der Waals surface area contributed by atoms with Crippen molar-refractivity contribution in [1.82, 2.24) is 5.32 Å². The van der Waals surface area contributed by atoms with Gasteiger partial charge in [0.25, 0.3) is 5.91 Å². The topological polar surface area (TPSA) is 41.1 Å². The zero-order valence-corrected chi connectivity index (χ0v) is 12.2.